The quantitative estimate of drug-likeness (QED) is 0.673. The van der Waals surface area contributed by atoms with Gasteiger partial charge in [0, 0.05) is 24.7 Å². The molecular weight excluding hydrogens is 285 g/mol. The summed E-state index contributed by atoms with van der Waals surface area (Å²) in [6, 6.07) is 9.36. The minimum atomic E-state index is -0.770. The fraction of sp³-hybridized carbons (Fsp3) is 0.500. The Bertz CT molecular complexity index is 404. The number of aliphatic hydroxyl groups is 1. The Labute approximate surface area is 123 Å². The lowest BCUT2D eigenvalue weighted by Crippen LogP contribution is -2.38. The molecule has 0 atom stereocenters. The van der Waals surface area contributed by atoms with Crippen LogP contribution in [-0.4, -0.2) is 34.3 Å². The van der Waals surface area contributed by atoms with Crippen molar-refractivity contribution < 1.29 is 19.1 Å². The normalized spacial score (nSPS) is 17.8. The fourth-order valence-corrected chi connectivity index (χ4v) is 1.73. The maximum absolute atomic E-state index is 12.2. The van der Waals surface area contributed by atoms with Crippen molar-refractivity contribution in [3.05, 3.63) is 35.9 Å². The van der Waals surface area contributed by atoms with E-state index in [-0.39, 0.29) is 6.61 Å². The SMILES string of the molecule is CC1(O)CCN(F)CC1.O=C(Cl)OCc1ccccc1. The third-order valence-electron chi connectivity index (χ3n) is 2.98. The molecule has 0 spiro atoms. The molecule has 1 N–H and O–H groups in total. The second kappa shape index (κ2) is 8.19. The van der Waals surface area contributed by atoms with Crippen LogP contribution in [0, 0.1) is 0 Å². The number of halogens is 2. The van der Waals surface area contributed by atoms with Crippen LogP contribution < -0.4 is 0 Å². The zero-order valence-corrected chi connectivity index (χ0v) is 12.1. The lowest BCUT2D eigenvalue weighted by molar-refractivity contribution is -0.0739. The maximum Gasteiger partial charge on any atom is 0.404 e. The van der Waals surface area contributed by atoms with Gasteiger partial charge in [0.2, 0.25) is 0 Å². The highest BCUT2D eigenvalue weighted by Gasteiger charge is 2.26. The Kier molecular flexibility index (Phi) is 6.91. The molecule has 0 saturated carbocycles. The molecule has 1 heterocycles. The van der Waals surface area contributed by atoms with Crippen molar-refractivity contribution >= 4 is 17.0 Å². The highest BCUT2D eigenvalue weighted by atomic mass is 35.5. The van der Waals surface area contributed by atoms with E-state index in [2.05, 4.69) is 4.74 Å². The number of ether oxygens (including phenoxy) is 1. The first kappa shape index (κ1) is 16.9. The summed E-state index contributed by atoms with van der Waals surface area (Å²) in [6.07, 6.45) is 1.09. The van der Waals surface area contributed by atoms with E-state index in [1.807, 2.05) is 30.3 Å². The van der Waals surface area contributed by atoms with Gasteiger partial charge in [0.15, 0.2) is 0 Å². The van der Waals surface area contributed by atoms with Crippen molar-refractivity contribution in [2.24, 2.45) is 0 Å². The highest BCUT2D eigenvalue weighted by Crippen LogP contribution is 2.20. The van der Waals surface area contributed by atoms with Crippen molar-refractivity contribution in [2.75, 3.05) is 13.1 Å². The van der Waals surface area contributed by atoms with E-state index in [9.17, 15) is 14.4 Å². The van der Waals surface area contributed by atoms with Gasteiger partial charge in [-0.05, 0) is 25.3 Å². The summed E-state index contributed by atoms with van der Waals surface area (Å²) >= 11 is 4.97. The van der Waals surface area contributed by atoms with Crippen LogP contribution in [0.3, 0.4) is 0 Å². The Morgan fingerprint density at radius 1 is 1.40 bits per heavy atom. The number of carbonyl (C=O) groups is 1. The molecule has 1 aromatic carbocycles. The van der Waals surface area contributed by atoms with Gasteiger partial charge in [0.25, 0.3) is 0 Å². The van der Waals surface area contributed by atoms with Gasteiger partial charge in [0.05, 0.1) is 5.60 Å². The minimum absolute atomic E-state index is 0.239. The summed E-state index contributed by atoms with van der Waals surface area (Å²) in [5, 5.41) is 10.0. The molecule has 0 aliphatic carbocycles. The topological polar surface area (TPSA) is 49.8 Å². The molecular formula is C14H19ClFNO3. The summed E-state index contributed by atoms with van der Waals surface area (Å²) in [5.41, 5.74) is -0.460. The van der Waals surface area contributed by atoms with Crippen LogP contribution in [0.4, 0.5) is 9.28 Å². The van der Waals surface area contributed by atoms with E-state index < -0.39 is 11.0 Å². The summed E-state index contributed by atoms with van der Waals surface area (Å²) < 4.78 is 16.8. The van der Waals surface area contributed by atoms with Gasteiger partial charge < -0.3 is 9.84 Å². The molecule has 0 radical (unpaired) electrons. The summed E-state index contributed by atoms with van der Waals surface area (Å²) in [6.45, 7) is 2.73. The van der Waals surface area contributed by atoms with E-state index >= 15 is 0 Å². The predicted octanol–water partition coefficient (Wildman–Crippen LogP) is 3.28. The Hall–Kier alpha value is -1.17. The molecule has 1 aromatic rings. The van der Waals surface area contributed by atoms with Gasteiger partial charge in [0.1, 0.15) is 6.61 Å². The van der Waals surface area contributed by atoms with Gasteiger partial charge in [-0.2, -0.15) is 0 Å². The first-order chi connectivity index (χ1) is 9.39. The zero-order chi connectivity index (χ0) is 15.0. The summed E-state index contributed by atoms with van der Waals surface area (Å²) in [5.74, 6) is 0. The molecule has 0 bridgehead atoms. The lowest BCUT2D eigenvalue weighted by Gasteiger charge is -2.30. The van der Waals surface area contributed by atoms with Crippen molar-refractivity contribution in [2.45, 2.75) is 32.0 Å². The minimum Gasteiger partial charge on any atom is -0.449 e. The average Bonchev–Trinajstić information content (AvgIpc) is 2.42. The molecule has 0 aromatic heterocycles. The van der Waals surface area contributed by atoms with Crippen molar-refractivity contribution in [3.8, 4) is 0 Å². The number of hydrogen-bond acceptors (Lipinski definition) is 4. The van der Waals surface area contributed by atoms with Gasteiger partial charge in [-0.15, -0.1) is 9.60 Å². The Balaban J connectivity index is 0.000000204. The van der Waals surface area contributed by atoms with Crippen LogP contribution in [0.25, 0.3) is 0 Å². The highest BCUT2D eigenvalue weighted by molar-refractivity contribution is 6.61. The van der Waals surface area contributed by atoms with Crippen LogP contribution in [0.15, 0.2) is 30.3 Å². The predicted molar refractivity (Wildman–Crippen MR) is 75.0 cm³/mol. The molecule has 2 rings (SSSR count). The molecule has 112 valence electrons. The van der Waals surface area contributed by atoms with Crippen LogP contribution in [-0.2, 0) is 11.3 Å². The molecule has 6 heteroatoms. The largest absolute Gasteiger partial charge is 0.449 e. The zero-order valence-electron chi connectivity index (χ0n) is 11.4. The smallest absolute Gasteiger partial charge is 0.404 e. The van der Waals surface area contributed by atoms with Gasteiger partial charge >= 0.3 is 5.43 Å². The fourth-order valence-electron chi connectivity index (χ4n) is 1.68. The Morgan fingerprint density at radius 2 is 1.95 bits per heavy atom. The molecule has 1 saturated heterocycles. The van der Waals surface area contributed by atoms with Crippen molar-refractivity contribution in [1.82, 2.24) is 5.12 Å². The second-order valence-electron chi connectivity index (χ2n) is 4.92. The molecule has 20 heavy (non-hydrogen) atoms. The molecule has 1 aliphatic heterocycles. The third-order valence-corrected chi connectivity index (χ3v) is 3.09. The van der Waals surface area contributed by atoms with Gasteiger partial charge in [-0.25, -0.2) is 4.79 Å². The van der Waals surface area contributed by atoms with Crippen molar-refractivity contribution in [1.29, 1.82) is 0 Å². The van der Waals surface area contributed by atoms with E-state index in [0.29, 0.717) is 25.9 Å². The number of piperidine rings is 1. The number of rotatable bonds is 2. The standard InChI is InChI=1S/C8H7ClO2.C6H12FNO/c9-8(10)11-6-7-4-2-1-3-5-7;1-6(9)2-4-8(7)5-3-6/h1-5H,6H2;9H,2-5H2,1H3. The maximum atomic E-state index is 12.2. The van der Waals surface area contributed by atoms with Gasteiger partial charge in [-0.3, -0.25) is 0 Å². The molecule has 0 unspecified atom stereocenters. The molecule has 0 amide bonds. The van der Waals surface area contributed by atoms with E-state index in [1.165, 1.54) is 0 Å². The number of hydrogen-bond donors (Lipinski definition) is 1. The van der Waals surface area contributed by atoms with Crippen LogP contribution in [0.1, 0.15) is 25.3 Å². The monoisotopic (exact) mass is 303 g/mol. The van der Waals surface area contributed by atoms with Crippen LogP contribution in [0.2, 0.25) is 0 Å². The van der Waals surface area contributed by atoms with E-state index in [0.717, 1.165) is 10.7 Å². The number of benzene rings is 1. The average molecular weight is 304 g/mol. The van der Waals surface area contributed by atoms with E-state index in [1.54, 1.807) is 6.92 Å². The first-order valence-electron chi connectivity index (χ1n) is 6.38. The summed E-state index contributed by atoms with van der Waals surface area (Å²) in [7, 11) is 0. The lowest BCUT2D eigenvalue weighted by atomic mass is 9.95. The summed E-state index contributed by atoms with van der Waals surface area (Å²) in [4.78, 5) is 10.2. The second-order valence-corrected chi connectivity index (χ2v) is 5.23. The Morgan fingerprint density at radius 3 is 2.40 bits per heavy atom. The number of nitrogens with zero attached hydrogens (tertiary/aromatic N) is 1. The molecule has 1 fully saturated rings. The van der Waals surface area contributed by atoms with Crippen LogP contribution in [0.5, 0.6) is 0 Å². The first-order valence-corrected chi connectivity index (χ1v) is 6.76. The molecule has 1 aliphatic rings. The van der Waals surface area contributed by atoms with E-state index in [4.69, 9.17) is 11.6 Å². The van der Waals surface area contributed by atoms with Gasteiger partial charge in [-0.1, -0.05) is 30.3 Å². The third kappa shape index (κ3) is 7.43. The van der Waals surface area contributed by atoms with Crippen LogP contribution >= 0.6 is 11.6 Å². The molecule has 4 nitrogen and oxygen atoms in total. The van der Waals surface area contributed by atoms with Crippen molar-refractivity contribution in [3.63, 3.8) is 0 Å². The number of carbonyl (C=O) groups excluding carboxylic acids is 1.